The normalized spacial score (nSPS) is 11.0. The summed E-state index contributed by atoms with van der Waals surface area (Å²) in [6, 6.07) is 8.49. The molecule has 0 radical (unpaired) electrons. The fraction of sp³-hybridized carbons (Fsp3) is 0.294. The molecule has 0 atom stereocenters. The third-order valence-corrected chi connectivity index (χ3v) is 3.88. The van der Waals surface area contributed by atoms with Crippen molar-refractivity contribution in [2.24, 2.45) is 10.7 Å². The second-order valence-corrected chi connectivity index (χ2v) is 6.35. The number of nitrogens with zero attached hydrogens (tertiary/aromatic N) is 2. The van der Waals surface area contributed by atoms with Gasteiger partial charge < -0.3 is 11.1 Å². The number of nitrogens with one attached hydrogen (secondary N) is 1. The molecule has 0 aliphatic rings. The summed E-state index contributed by atoms with van der Waals surface area (Å²) in [4.78, 5) is 8.69. The maximum absolute atomic E-state index is 5.78. The zero-order chi connectivity index (χ0) is 15.9. The molecule has 23 heavy (non-hydrogen) atoms. The predicted octanol–water partition coefficient (Wildman–Crippen LogP) is 3.76. The third kappa shape index (κ3) is 6.70. The summed E-state index contributed by atoms with van der Waals surface area (Å²) >= 11 is 1.67. The molecular formula is C17H23IN4S. The summed E-state index contributed by atoms with van der Waals surface area (Å²) in [6.07, 6.45) is 0.902. The van der Waals surface area contributed by atoms with Crippen LogP contribution >= 0.6 is 35.3 Å². The van der Waals surface area contributed by atoms with E-state index in [4.69, 9.17) is 5.73 Å². The summed E-state index contributed by atoms with van der Waals surface area (Å²) < 4.78 is 0. The Morgan fingerprint density at radius 2 is 2.04 bits per heavy atom. The molecule has 1 aromatic heterocycles. The highest BCUT2D eigenvalue weighted by Crippen LogP contribution is 2.21. The highest BCUT2D eigenvalue weighted by Gasteiger charge is 2.02. The van der Waals surface area contributed by atoms with Gasteiger partial charge in [-0.1, -0.05) is 36.4 Å². The van der Waals surface area contributed by atoms with E-state index in [-0.39, 0.29) is 24.0 Å². The van der Waals surface area contributed by atoms with E-state index in [1.165, 1.54) is 5.56 Å². The van der Waals surface area contributed by atoms with Gasteiger partial charge in [0, 0.05) is 17.5 Å². The molecule has 2 rings (SSSR count). The van der Waals surface area contributed by atoms with Crippen LogP contribution in [0.5, 0.6) is 0 Å². The van der Waals surface area contributed by atoms with Crippen molar-refractivity contribution in [3.8, 4) is 11.3 Å². The van der Waals surface area contributed by atoms with Crippen molar-refractivity contribution in [3.63, 3.8) is 0 Å². The number of halogens is 1. The molecule has 0 saturated heterocycles. The van der Waals surface area contributed by atoms with Crippen LogP contribution < -0.4 is 11.1 Å². The van der Waals surface area contributed by atoms with Crippen molar-refractivity contribution in [2.45, 2.75) is 20.3 Å². The first-order valence-corrected chi connectivity index (χ1v) is 8.12. The van der Waals surface area contributed by atoms with Crippen molar-refractivity contribution < 1.29 is 0 Å². The maximum atomic E-state index is 5.78. The van der Waals surface area contributed by atoms with Crippen LogP contribution in [0.15, 0.2) is 46.8 Å². The smallest absolute Gasteiger partial charge is 0.188 e. The molecule has 0 bridgehead atoms. The Balaban J connectivity index is 0.00000264. The van der Waals surface area contributed by atoms with Crippen LogP contribution in [0, 0.1) is 6.92 Å². The predicted molar refractivity (Wildman–Crippen MR) is 111 cm³/mol. The minimum atomic E-state index is 0. The molecule has 3 N–H and O–H groups in total. The highest BCUT2D eigenvalue weighted by molar-refractivity contribution is 14.0. The first kappa shape index (κ1) is 19.6. The van der Waals surface area contributed by atoms with Gasteiger partial charge in [-0.15, -0.1) is 35.3 Å². The van der Waals surface area contributed by atoms with Crippen molar-refractivity contribution in [1.82, 2.24) is 10.3 Å². The van der Waals surface area contributed by atoms with Gasteiger partial charge in [0.2, 0.25) is 0 Å². The topological polar surface area (TPSA) is 63.3 Å². The van der Waals surface area contributed by atoms with Crippen LogP contribution in [-0.2, 0) is 6.42 Å². The van der Waals surface area contributed by atoms with Gasteiger partial charge in [-0.25, -0.2) is 9.98 Å². The van der Waals surface area contributed by atoms with E-state index in [0.717, 1.165) is 34.8 Å². The van der Waals surface area contributed by atoms with Gasteiger partial charge in [0.1, 0.15) is 0 Å². The standard InChI is InChI=1S/C17H22N4S.HI/c1-12(2)10-20-17(18)19-9-8-14-4-6-15(7-5-14)16-11-22-13(3)21-16;/h4-7,11H,1,8-10H2,2-3H3,(H3,18,19,20);1H. The number of hydrogen-bond donors (Lipinski definition) is 2. The number of hydrogen-bond acceptors (Lipinski definition) is 3. The fourth-order valence-corrected chi connectivity index (χ4v) is 2.57. The van der Waals surface area contributed by atoms with Gasteiger partial charge in [-0.3, -0.25) is 0 Å². The molecule has 4 nitrogen and oxygen atoms in total. The SMILES string of the molecule is C=C(C)CN=C(N)NCCc1ccc(-c2csc(C)n2)cc1.I. The molecule has 124 valence electrons. The van der Waals surface area contributed by atoms with Crippen molar-refractivity contribution in [1.29, 1.82) is 0 Å². The summed E-state index contributed by atoms with van der Waals surface area (Å²) in [5.41, 5.74) is 10.2. The van der Waals surface area contributed by atoms with Crippen LogP contribution in [0.3, 0.4) is 0 Å². The fourth-order valence-electron chi connectivity index (χ4n) is 1.95. The Morgan fingerprint density at radius 1 is 1.35 bits per heavy atom. The Hall–Kier alpha value is -1.41. The second kappa shape index (κ2) is 9.67. The lowest BCUT2D eigenvalue weighted by Crippen LogP contribution is -2.33. The average Bonchev–Trinajstić information content (AvgIpc) is 2.92. The number of aromatic nitrogens is 1. The molecule has 0 unspecified atom stereocenters. The Bertz CT molecular complexity index is 661. The molecule has 1 aromatic carbocycles. The van der Waals surface area contributed by atoms with E-state index in [1.54, 1.807) is 11.3 Å². The van der Waals surface area contributed by atoms with Crippen LogP contribution in [-0.4, -0.2) is 24.0 Å². The number of aryl methyl sites for hydroxylation is 1. The first-order chi connectivity index (χ1) is 10.5. The molecule has 2 aromatic rings. The molecule has 0 amide bonds. The molecule has 1 heterocycles. The van der Waals surface area contributed by atoms with Gasteiger partial charge in [0.05, 0.1) is 17.2 Å². The van der Waals surface area contributed by atoms with Crippen molar-refractivity contribution in [2.75, 3.05) is 13.1 Å². The van der Waals surface area contributed by atoms with Crippen LogP contribution in [0.2, 0.25) is 0 Å². The number of thiazole rings is 1. The van der Waals surface area contributed by atoms with Crippen LogP contribution in [0.4, 0.5) is 0 Å². The third-order valence-electron chi connectivity index (χ3n) is 3.11. The largest absolute Gasteiger partial charge is 0.370 e. The lowest BCUT2D eigenvalue weighted by atomic mass is 10.1. The summed E-state index contributed by atoms with van der Waals surface area (Å²) in [5, 5.41) is 6.29. The van der Waals surface area contributed by atoms with E-state index in [0.29, 0.717) is 12.5 Å². The van der Waals surface area contributed by atoms with Crippen LogP contribution in [0.25, 0.3) is 11.3 Å². The Kier molecular flexibility index (Phi) is 8.25. The van der Waals surface area contributed by atoms with E-state index < -0.39 is 0 Å². The lowest BCUT2D eigenvalue weighted by Gasteiger charge is -2.06. The summed E-state index contributed by atoms with van der Waals surface area (Å²) in [7, 11) is 0. The molecule has 6 heteroatoms. The molecular weight excluding hydrogens is 419 g/mol. The lowest BCUT2D eigenvalue weighted by molar-refractivity contribution is 0.852. The van der Waals surface area contributed by atoms with Crippen LogP contribution in [0.1, 0.15) is 17.5 Å². The van der Waals surface area contributed by atoms with Gasteiger partial charge in [-0.2, -0.15) is 0 Å². The Morgan fingerprint density at radius 3 is 2.61 bits per heavy atom. The zero-order valence-electron chi connectivity index (χ0n) is 13.5. The van der Waals surface area contributed by atoms with E-state index in [9.17, 15) is 0 Å². The quantitative estimate of drug-likeness (QED) is 0.310. The highest BCUT2D eigenvalue weighted by atomic mass is 127. The minimum Gasteiger partial charge on any atom is -0.370 e. The Labute approximate surface area is 159 Å². The van der Waals surface area contributed by atoms with Crippen molar-refractivity contribution in [3.05, 3.63) is 52.4 Å². The molecule has 0 saturated carbocycles. The van der Waals surface area contributed by atoms with Crippen molar-refractivity contribution >= 4 is 41.3 Å². The second-order valence-electron chi connectivity index (χ2n) is 5.28. The average molecular weight is 442 g/mol. The van der Waals surface area contributed by atoms with E-state index >= 15 is 0 Å². The summed E-state index contributed by atoms with van der Waals surface area (Å²) in [6.45, 7) is 9.08. The number of aliphatic imine (C=N–C) groups is 1. The van der Waals surface area contributed by atoms with Gasteiger partial charge >= 0.3 is 0 Å². The minimum absolute atomic E-state index is 0. The summed E-state index contributed by atoms with van der Waals surface area (Å²) in [5.74, 6) is 0.470. The number of benzene rings is 1. The zero-order valence-corrected chi connectivity index (χ0v) is 16.7. The molecule has 0 aliphatic carbocycles. The van der Waals surface area contributed by atoms with Gasteiger partial charge in [0.25, 0.3) is 0 Å². The first-order valence-electron chi connectivity index (χ1n) is 7.24. The number of guanidine groups is 1. The van der Waals surface area contributed by atoms with E-state index in [1.807, 2.05) is 13.8 Å². The number of nitrogens with two attached hydrogens (primary N) is 1. The van der Waals surface area contributed by atoms with Gasteiger partial charge in [-0.05, 0) is 25.8 Å². The monoisotopic (exact) mass is 442 g/mol. The molecule has 0 fully saturated rings. The number of rotatable bonds is 6. The molecule has 0 spiro atoms. The van der Waals surface area contributed by atoms with E-state index in [2.05, 4.69) is 51.5 Å². The van der Waals surface area contributed by atoms with Gasteiger partial charge in [0.15, 0.2) is 5.96 Å². The molecule has 0 aliphatic heterocycles. The maximum Gasteiger partial charge on any atom is 0.188 e.